The fourth-order valence-electron chi connectivity index (χ4n) is 1.65. The Labute approximate surface area is 129 Å². The number of nitrogens with one attached hydrogen (secondary N) is 1. The van der Waals surface area contributed by atoms with E-state index in [1.165, 1.54) is 13.4 Å². The Morgan fingerprint density at radius 2 is 1.91 bits per heavy atom. The minimum atomic E-state index is -3.20. The van der Waals surface area contributed by atoms with E-state index in [1.54, 1.807) is 43.5 Å². The molecule has 2 rings (SSSR count). The van der Waals surface area contributed by atoms with Crippen LogP contribution in [0.4, 0.5) is 5.95 Å². The molecule has 1 heterocycles. The zero-order valence-corrected chi connectivity index (χ0v) is 13.3. The monoisotopic (exact) mass is 320 g/mol. The maximum Gasteiger partial charge on any atom is 0.246 e. The Morgan fingerprint density at radius 3 is 2.50 bits per heavy atom. The maximum absolute atomic E-state index is 11.4. The smallest absolute Gasteiger partial charge is 0.246 e. The van der Waals surface area contributed by atoms with Crippen LogP contribution in [0.25, 0.3) is 0 Å². The van der Waals surface area contributed by atoms with E-state index in [4.69, 9.17) is 4.74 Å². The summed E-state index contributed by atoms with van der Waals surface area (Å²) in [7, 11) is -1.68. The van der Waals surface area contributed by atoms with Crippen LogP contribution in [0.15, 0.2) is 46.5 Å². The third kappa shape index (κ3) is 4.01. The minimum Gasteiger partial charge on any atom is -0.481 e. The van der Waals surface area contributed by atoms with Gasteiger partial charge < -0.3 is 4.74 Å². The van der Waals surface area contributed by atoms with E-state index in [1.807, 2.05) is 0 Å². The number of hydrogen-bond acceptors (Lipinski definition) is 7. The molecule has 0 radical (unpaired) electrons. The lowest BCUT2D eigenvalue weighted by molar-refractivity contribution is 0.397. The van der Waals surface area contributed by atoms with E-state index in [0.29, 0.717) is 17.5 Å². The molecule has 116 valence electrons. The number of ether oxygens (including phenoxy) is 1. The van der Waals surface area contributed by atoms with Crippen molar-refractivity contribution in [2.45, 2.75) is 11.8 Å². The molecule has 22 heavy (non-hydrogen) atoms. The van der Waals surface area contributed by atoms with Gasteiger partial charge in [0.15, 0.2) is 9.84 Å². The predicted molar refractivity (Wildman–Crippen MR) is 84.0 cm³/mol. The fraction of sp³-hybridized carbons (Fsp3) is 0.214. The molecule has 0 aliphatic rings. The van der Waals surface area contributed by atoms with Gasteiger partial charge in [0.25, 0.3) is 0 Å². The van der Waals surface area contributed by atoms with Crippen LogP contribution in [0.5, 0.6) is 5.88 Å². The third-order valence-electron chi connectivity index (χ3n) is 2.86. The third-order valence-corrected chi connectivity index (χ3v) is 3.99. The summed E-state index contributed by atoms with van der Waals surface area (Å²) in [5.74, 6) is 0.745. The van der Waals surface area contributed by atoms with Crippen LogP contribution >= 0.6 is 0 Å². The van der Waals surface area contributed by atoms with E-state index in [0.717, 1.165) is 5.56 Å². The van der Waals surface area contributed by atoms with Crippen molar-refractivity contribution in [3.8, 4) is 5.88 Å². The first kappa shape index (κ1) is 15.9. The number of aromatic nitrogens is 2. The van der Waals surface area contributed by atoms with Crippen LogP contribution in [0.1, 0.15) is 12.5 Å². The number of hydrazone groups is 1. The summed E-state index contributed by atoms with van der Waals surface area (Å²) in [5.41, 5.74) is 4.20. The van der Waals surface area contributed by atoms with Gasteiger partial charge in [0.1, 0.15) is 0 Å². The lowest BCUT2D eigenvalue weighted by Crippen LogP contribution is -2.03. The van der Waals surface area contributed by atoms with E-state index < -0.39 is 9.84 Å². The normalized spacial score (nSPS) is 12.0. The summed E-state index contributed by atoms with van der Waals surface area (Å²) in [6, 6.07) is 8.12. The van der Waals surface area contributed by atoms with Crippen LogP contribution in [0.2, 0.25) is 0 Å². The zero-order chi connectivity index (χ0) is 16.2. The standard InChI is InChI=1S/C14H16N4O3S/c1-10(11-4-6-12(7-5-11)22(3,19)20)17-18-14-15-9-8-13(16-14)21-2/h4-9H,1-3H3,(H,15,16,18)/b17-10-. The average Bonchev–Trinajstić information content (AvgIpc) is 2.52. The second-order valence-electron chi connectivity index (χ2n) is 4.53. The van der Waals surface area contributed by atoms with Crippen LogP contribution in [0, 0.1) is 0 Å². The van der Waals surface area contributed by atoms with Crippen molar-refractivity contribution in [2.75, 3.05) is 18.8 Å². The van der Waals surface area contributed by atoms with Crippen molar-refractivity contribution in [2.24, 2.45) is 5.10 Å². The quantitative estimate of drug-likeness (QED) is 0.666. The lowest BCUT2D eigenvalue weighted by Gasteiger charge is -2.04. The van der Waals surface area contributed by atoms with Crippen molar-refractivity contribution in [3.63, 3.8) is 0 Å². The molecule has 0 saturated heterocycles. The number of rotatable bonds is 5. The van der Waals surface area contributed by atoms with Gasteiger partial charge in [-0.2, -0.15) is 10.1 Å². The molecule has 1 N–H and O–H groups in total. The highest BCUT2D eigenvalue weighted by Gasteiger charge is 2.07. The second-order valence-corrected chi connectivity index (χ2v) is 6.54. The first-order chi connectivity index (χ1) is 10.4. The molecule has 2 aromatic rings. The Morgan fingerprint density at radius 1 is 1.23 bits per heavy atom. The molecule has 0 spiro atoms. The fourth-order valence-corrected chi connectivity index (χ4v) is 2.28. The molecule has 1 aromatic heterocycles. The highest BCUT2D eigenvalue weighted by Crippen LogP contribution is 2.12. The molecule has 0 fully saturated rings. The van der Waals surface area contributed by atoms with E-state index in [9.17, 15) is 8.42 Å². The maximum atomic E-state index is 11.4. The van der Waals surface area contributed by atoms with Gasteiger partial charge in [0, 0.05) is 18.5 Å². The van der Waals surface area contributed by atoms with Gasteiger partial charge in [-0.15, -0.1) is 0 Å². The summed E-state index contributed by atoms with van der Waals surface area (Å²) in [6.45, 7) is 1.79. The summed E-state index contributed by atoms with van der Waals surface area (Å²) in [5, 5.41) is 4.17. The van der Waals surface area contributed by atoms with Gasteiger partial charge >= 0.3 is 0 Å². The van der Waals surface area contributed by atoms with Gasteiger partial charge in [-0.05, 0) is 24.6 Å². The number of nitrogens with zero attached hydrogens (tertiary/aromatic N) is 3. The van der Waals surface area contributed by atoms with Gasteiger partial charge in [0.2, 0.25) is 11.8 Å². The summed E-state index contributed by atoms with van der Waals surface area (Å²) in [4.78, 5) is 8.35. The molecule has 7 nitrogen and oxygen atoms in total. The lowest BCUT2D eigenvalue weighted by atomic mass is 10.1. The molecule has 0 aliphatic carbocycles. The summed E-state index contributed by atoms with van der Waals surface area (Å²) < 4.78 is 27.8. The van der Waals surface area contributed by atoms with Crippen molar-refractivity contribution in [3.05, 3.63) is 42.1 Å². The Kier molecular flexibility index (Phi) is 4.71. The van der Waals surface area contributed by atoms with Crippen molar-refractivity contribution < 1.29 is 13.2 Å². The Bertz CT molecular complexity index is 786. The van der Waals surface area contributed by atoms with E-state index in [-0.39, 0.29) is 4.90 Å². The molecule has 0 atom stereocenters. The van der Waals surface area contributed by atoms with Crippen LogP contribution < -0.4 is 10.2 Å². The molecular formula is C14H16N4O3S. The molecule has 1 aromatic carbocycles. The molecule has 0 unspecified atom stereocenters. The molecule has 0 aliphatic heterocycles. The number of hydrogen-bond donors (Lipinski definition) is 1. The van der Waals surface area contributed by atoms with Gasteiger partial charge in [0.05, 0.1) is 17.7 Å². The summed E-state index contributed by atoms with van der Waals surface area (Å²) in [6.07, 6.45) is 2.73. The number of sulfone groups is 1. The molecular weight excluding hydrogens is 304 g/mol. The largest absolute Gasteiger partial charge is 0.481 e. The van der Waals surface area contributed by atoms with E-state index >= 15 is 0 Å². The second kappa shape index (κ2) is 6.52. The van der Waals surface area contributed by atoms with Crippen molar-refractivity contribution in [1.29, 1.82) is 0 Å². The average molecular weight is 320 g/mol. The van der Waals surface area contributed by atoms with Crippen LogP contribution in [0.3, 0.4) is 0 Å². The first-order valence-corrected chi connectivity index (χ1v) is 8.27. The highest BCUT2D eigenvalue weighted by atomic mass is 32.2. The van der Waals surface area contributed by atoms with Crippen LogP contribution in [-0.4, -0.2) is 37.5 Å². The topological polar surface area (TPSA) is 93.5 Å². The SMILES string of the molecule is COc1ccnc(N/N=C(/C)c2ccc(S(C)(=O)=O)cc2)n1. The number of methoxy groups -OCH3 is 1. The number of benzene rings is 1. The Balaban J connectivity index is 2.15. The number of anilines is 1. The molecule has 0 saturated carbocycles. The first-order valence-electron chi connectivity index (χ1n) is 6.38. The Hall–Kier alpha value is -2.48. The van der Waals surface area contributed by atoms with E-state index in [2.05, 4.69) is 20.5 Å². The van der Waals surface area contributed by atoms with Gasteiger partial charge in [-0.1, -0.05) is 12.1 Å². The molecule has 8 heteroatoms. The minimum absolute atomic E-state index is 0.271. The van der Waals surface area contributed by atoms with Crippen LogP contribution in [-0.2, 0) is 9.84 Å². The molecule has 0 bridgehead atoms. The predicted octanol–water partition coefficient (Wildman–Crippen LogP) is 1.72. The van der Waals surface area contributed by atoms with Gasteiger partial charge in [-0.25, -0.2) is 18.8 Å². The van der Waals surface area contributed by atoms with Crippen molar-refractivity contribution >= 4 is 21.5 Å². The van der Waals surface area contributed by atoms with Gasteiger partial charge in [-0.3, -0.25) is 0 Å². The zero-order valence-electron chi connectivity index (χ0n) is 12.4. The van der Waals surface area contributed by atoms with Crippen molar-refractivity contribution in [1.82, 2.24) is 9.97 Å². The highest BCUT2D eigenvalue weighted by molar-refractivity contribution is 7.90. The summed E-state index contributed by atoms with van der Waals surface area (Å²) >= 11 is 0. The molecule has 0 amide bonds.